The van der Waals surface area contributed by atoms with Crippen LogP contribution in [0.1, 0.15) is 45.2 Å². The molecule has 3 unspecified atom stereocenters. The van der Waals surface area contributed by atoms with E-state index in [0.717, 1.165) is 12.0 Å². The molecule has 5 heteroatoms. The van der Waals surface area contributed by atoms with Crippen LogP contribution in [0.25, 0.3) is 0 Å². The lowest BCUT2D eigenvalue weighted by atomic mass is 10.1. The molecule has 5 nitrogen and oxygen atoms in total. The molecule has 1 fully saturated rings. The molecule has 0 saturated carbocycles. The molecule has 0 aromatic carbocycles. The van der Waals surface area contributed by atoms with Crippen LogP contribution < -0.4 is 5.32 Å². The Balaban J connectivity index is 2.04. The Morgan fingerprint density at radius 3 is 2.80 bits per heavy atom. The van der Waals surface area contributed by atoms with Crippen LogP contribution in [0.4, 0.5) is 0 Å². The molecule has 0 spiro atoms. The third-order valence-electron chi connectivity index (χ3n) is 3.85. The summed E-state index contributed by atoms with van der Waals surface area (Å²) in [6.45, 7) is 5.85. The third-order valence-corrected chi connectivity index (χ3v) is 3.85. The topological polar surface area (TPSA) is 62.3 Å². The molecule has 1 aliphatic heterocycles. The van der Waals surface area contributed by atoms with Gasteiger partial charge in [0, 0.05) is 24.5 Å². The molecule has 3 atom stereocenters. The van der Waals surface area contributed by atoms with Gasteiger partial charge in [0.25, 0.3) is 0 Å². The fraction of sp³-hybridized carbons (Fsp3) is 0.533. The molecule has 2 rings (SSSR count). The maximum Gasteiger partial charge on any atom is 0.247 e. The summed E-state index contributed by atoms with van der Waals surface area (Å²) in [5.74, 6) is -0.194. The van der Waals surface area contributed by atoms with Crippen LogP contribution in [0.5, 0.6) is 0 Å². The highest BCUT2D eigenvalue weighted by Gasteiger charge is 2.40. The maximum atomic E-state index is 12.3. The summed E-state index contributed by atoms with van der Waals surface area (Å²) >= 11 is 0. The van der Waals surface area contributed by atoms with E-state index in [9.17, 15) is 9.59 Å². The zero-order valence-electron chi connectivity index (χ0n) is 12.2. The molecule has 1 aromatic rings. The van der Waals surface area contributed by atoms with Gasteiger partial charge in [0.2, 0.25) is 11.8 Å². The number of nitrogens with one attached hydrogen (secondary N) is 1. The molecule has 0 radical (unpaired) electrons. The van der Waals surface area contributed by atoms with E-state index in [1.165, 1.54) is 4.90 Å². The molecule has 1 N–H and O–H groups in total. The lowest BCUT2D eigenvalue weighted by molar-refractivity contribution is -0.141. The average Bonchev–Trinajstić information content (AvgIpc) is 2.73. The Morgan fingerprint density at radius 1 is 1.45 bits per heavy atom. The summed E-state index contributed by atoms with van der Waals surface area (Å²) in [6.07, 6.45) is 4.51. The number of hydrogen-bond acceptors (Lipinski definition) is 4. The first kappa shape index (κ1) is 14.7. The molecule has 1 saturated heterocycles. The number of likely N-dealkylation sites (tertiary alicyclic amines) is 1. The largest absolute Gasteiger partial charge is 0.299 e. The number of aromatic nitrogens is 1. The van der Waals surface area contributed by atoms with Crippen LogP contribution in [0.15, 0.2) is 24.5 Å². The van der Waals surface area contributed by atoms with Crippen LogP contribution in [0.3, 0.4) is 0 Å². The number of carbonyl (C=O) groups is 2. The quantitative estimate of drug-likeness (QED) is 0.830. The van der Waals surface area contributed by atoms with Crippen molar-refractivity contribution in [1.29, 1.82) is 0 Å². The molecule has 20 heavy (non-hydrogen) atoms. The van der Waals surface area contributed by atoms with Crippen LogP contribution >= 0.6 is 0 Å². The van der Waals surface area contributed by atoms with Crippen molar-refractivity contribution < 1.29 is 9.59 Å². The summed E-state index contributed by atoms with van der Waals surface area (Å²) < 4.78 is 0. The first-order valence-electron chi connectivity index (χ1n) is 7.06. The van der Waals surface area contributed by atoms with Crippen LogP contribution in [-0.4, -0.2) is 33.8 Å². The molecule has 2 amide bonds. The number of amides is 2. The van der Waals surface area contributed by atoms with Crippen molar-refractivity contribution >= 4 is 11.8 Å². The van der Waals surface area contributed by atoms with Gasteiger partial charge < -0.3 is 0 Å². The van der Waals surface area contributed by atoms with E-state index in [-0.39, 0.29) is 30.3 Å². The van der Waals surface area contributed by atoms with Crippen molar-refractivity contribution in [3.63, 3.8) is 0 Å². The molecule has 1 aromatic heterocycles. The Hall–Kier alpha value is -1.75. The van der Waals surface area contributed by atoms with Gasteiger partial charge in [-0.3, -0.25) is 24.8 Å². The van der Waals surface area contributed by atoms with Crippen molar-refractivity contribution in [1.82, 2.24) is 15.2 Å². The van der Waals surface area contributed by atoms with E-state index < -0.39 is 6.04 Å². The van der Waals surface area contributed by atoms with E-state index in [4.69, 9.17) is 0 Å². The highest BCUT2D eigenvalue weighted by Crippen LogP contribution is 2.21. The van der Waals surface area contributed by atoms with Gasteiger partial charge in [0.05, 0.1) is 12.5 Å². The molecule has 1 aliphatic rings. The Labute approximate surface area is 119 Å². The van der Waals surface area contributed by atoms with Gasteiger partial charge in [-0.1, -0.05) is 13.0 Å². The first-order chi connectivity index (χ1) is 9.54. The van der Waals surface area contributed by atoms with Crippen LogP contribution in [-0.2, 0) is 9.59 Å². The molecule has 0 aliphatic carbocycles. The van der Waals surface area contributed by atoms with Crippen LogP contribution in [0, 0.1) is 0 Å². The predicted molar refractivity (Wildman–Crippen MR) is 75.8 cm³/mol. The highest BCUT2D eigenvalue weighted by atomic mass is 16.2. The molecular weight excluding hydrogens is 254 g/mol. The fourth-order valence-electron chi connectivity index (χ4n) is 2.46. The highest BCUT2D eigenvalue weighted by molar-refractivity contribution is 6.05. The van der Waals surface area contributed by atoms with Crippen molar-refractivity contribution in [3.8, 4) is 0 Å². The van der Waals surface area contributed by atoms with Crippen molar-refractivity contribution in [3.05, 3.63) is 30.1 Å². The summed E-state index contributed by atoms with van der Waals surface area (Å²) in [7, 11) is 0. The minimum atomic E-state index is -0.424. The second-order valence-electron chi connectivity index (χ2n) is 5.29. The van der Waals surface area contributed by atoms with E-state index in [0.29, 0.717) is 0 Å². The monoisotopic (exact) mass is 275 g/mol. The van der Waals surface area contributed by atoms with Gasteiger partial charge in [-0.15, -0.1) is 0 Å². The van der Waals surface area contributed by atoms with E-state index in [2.05, 4.69) is 10.3 Å². The van der Waals surface area contributed by atoms with Gasteiger partial charge in [-0.05, 0) is 31.9 Å². The molecular formula is C15H21N3O2. The number of pyridine rings is 1. The first-order valence-corrected chi connectivity index (χ1v) is 7.06. The summed E-state index contributed by atoms with van der Waals surface area (Å²) in [5.41, 5.74) is 1.01. The Morgan fingerprint density at radius 2 is 2.20 bits per heavy atom. The van der Waals surface area contributed by atoms with E-state index >= 15 is 0 Å². The second kappa shape index (κ2) is 6.13. The zero-order chi connectivity index (χ0) is 14.7. The van der Waals surface area contributed by atoms with E-state index in [1.54, 1.807) is 12.4 Å². The molecule has 0 bridgehead atoms. The van der Waals surface area contributed by atoms with E-state index in [1.807, 2.05) is 32.9 Å². The predicted octanol–water partition coefficient (Wildman–Crippen LogP) is 1.66. The number of carbonyl (C=O) groups excluding carboxylic acids is 2. The normalized spacial score (nSPS) is 22.1. The smallest absolute Gasteiger partial charge is 0.247 e. The van der Waals surface area contributed by atoms with Crippen molar-refractivity contribution in [2.75, 3.05) is 0 Å². The number of hydrogen-bond donors (Lipinski definition) is 1. The van der Waals surface area contributed by atoms with Gasteiger partial charge in [-0.2, -0.15) is 0 Å². The Kier molecular flexibility index (Phi) is 4.49. The van der Waals surface area contributed by atoms with Crippen molar-refractivity contribution in [2.45, 2.75) is 51.7 Å². The maximum absolute atomic E-state index is 12.3. The SMILES string of the molecule is CCC(C)N1C(=O)CC(NC(C)c2cccnc2)C1=O. The fourth-order valence-corrected chi connectivity index (χ4v) is 2.46. The molecule has 108 valence electrons. The Bertz CT molecular complexity index is 489. The number of rotatable bonds is 5. The number of imide groups is 1. The summed E-state index contributed by atoms with van der Waals surface area (Å²) in [5, 5.41) is 3.23. The van der Waals surface area contributed by atoms with Gasteiger partial charge in [0.15, 0.2) is 0 Å². The second-order valence-corrected chi connectivity index (χ2v) is 5.29. The van der Waals surface area contributed by atoms with Crippen LogP contribution in [0.2, 0.25) is 0 Å². The minimum Gasteiger partial charge on any atom is -0.299 e. The molecule has 2 heterocycles. The summed E-state index contributed by atoms with van der Waals surface area (Å²) in [6, 6.07) is 3.35. The van der Waals surface area contributed by atoms with Gasteiger partial charge in [-0.25, -0.2) is 0 Å². The zero-order valence-corrected chi connectivity index (χ0v) is 12.2. The lowest BCUT2D eigenvalue weighted by Crippen LogP contribution is -2.43. The third kappa shape index (κ3) is 2.88. The van der Waals surface area contributed by atoms with Gasteiger partial charge >= 0.3 is 0 Å². The summed E-state index contributed by atoms with van der Waals surface area (Å²) in [4.78, 5) is 29.7. The van der Waals surface area contributed by atoms with Crippen molar-refractivity contribution in [2.24, 2.45) is 0 Å². The lowest BCUT2D eigenvalue weighted by Gasteiger charge is -2.23. The van der Waals surface area contributed by atoms with Gasteiger partial charge in [0.1, 0.15) is 0 Å². The minimum absolute atomic E-state index is 0.0117. The average molecular weight is 275 g/mol. The number of nitrogens with zero attached hydrogens (tertiary/aromatic N) is 2. The standard InChI is InChI=1S/C15H21N3O2/c1-4-10(2)18-14(19)8-13(15(18)20)17-11(3)12-6-5-7-16-9-12/h5-7,9-11,13,17H,4,8H2,1-3H3.